The molecule has 8 N–H and O–H groups in total. The maximum Gasteiger partial charge on any atom is 0.326 e. The maximum atomic E-state index is 13.1. The molecule has 0 saturated heterocycles. The number of H-pyrrole nitrogens is 1. The molecule has 0 aromatic carbocycles. The third kappa shape index (κ3) is 10.1. The number of carboxylic acid groups (broad SMARTS) is 2. The fourth-order valence-electron chi connectivity index (χ4n) is 3.30. The number of rotatable bonds is 15. The van der Waals surface area contributed by atoms with Crippen LogP contribution in [0.4, 0.5) is 0 Å². The van der Waals surface area contributed by atoms with Crippen molar-refractivity contribution in [2.24, 2.45) is 17.6 Å². The van der Waals surface area contributed by atoms with Crippen molar-refractivity contribution in [3.8, 4) is 0 Å². The number of carboxylic acids is 2. The molecule has 0 saturated carbocycles. The molecule has 5 atom stereocenters. The molecule has 13 nitrogen and oxygen atoms in total. The van der Waals surface area contributed by atoms with Gasteiger partial charge in [-0.25, -0.2) is 9.78 Å². The predicted octanol–water partition coefficient (Wildman–Crippen LogP) is -0.615. The summed E-state index contributed by atoms with van der Waals surface area (Å²) in [5, 5.41) is 25.9. The van der Waals surface area contributed by atoms with E-state index in [0.29, 0.717) is 12.1 Å². The van der Waals surface area contributed by atoms with Crippen LogP contribution in [-0.2, 0) is 30.4 Å². The zero-order valence-electron chi connectivity index (χ0n) is 20.4. The standard InChI is InChI=1S/C22H36N6O7/c1-5-12(4)18(22(34)35)28-21(33)16(7-13-9-24-10-25-13)27-20(32)15(6-11(2)3)26-19(31)14(23)8-17(29)30/h9-12,14-16,18H,5-8,23H2,1-4H3,(H,24,25)(H,26,31)(H,27,32)(H,28,33)(H,29,30)(H,34,35). The summed E-state index contributed by atoms with van der Waals surface area (Å²) in [7, 11) is 0. The van der Waals surface area contributed by atoms with Gasteiger partial charge >= 0.3 is 11.9 Å². The molecule has 196 valence electrons. The number of nitrogens with one attached hydrogen (secondary N) is 4. The van der Waals surface area contributed by atoms with E-state index >= 15 is 0 Å². The molecular formula is C22H36N6O7. The van der Waals surface area contributed by atoms with Crippen LogP contribution in [0.25, 0.3) is 0 Å². The van der Waals surface area contributed by atoms with E-state index in [4.69, 9.17) is 10.8 Å². The van der Waals surface area contributed by atoms with Crippen LogP contribution in [0.15, 0.2) is 12.5 Å². The SMILES string of the molecule is CCC(C)C(NC(=O)C(Cc1cnc[nH]1)NC(=O)C(CC(C)C)NC(=O)C(N)CC(=O)O)C(=O)O. The van der Waals surface area contributed by atoms with E-state index in [1.165, 1.54) is 12.5 Å². The van der Waals surface area contributed by atoms with Crippen molar-refractivity contribution in [2.45, 2.75) is 77.5 Å². The zero-order valence-corrected chi connectivity index (χ0v) is 20.4. The van der Waals surface area contributed by atoms with Gasteiger partial charge in [0.2, 0.25) is 17.7 Å². The van der Waals surface area contributed by atoms with Gasteiger partial charge in [-0.15, -0.1) is 0 Å². The van der Waals surface area contributed by atoms with Crippen molar-refractivity contribution >= 4 is 29.7 Å². The Bertz CT molecular complexity index is 874. The maximum absolute atomic E-state index is 13.1. The zero-order chi connectivity index (χ0) is 26.7. The van der Waals surface area contributed by atoms with E-state index in [0.717, 1.165) is 0 Å². The minimum absolute atomic E-state index is 0.00864. The number of amides is 3. The van der Waals surface area contributed by atoms with Crippen LogP contribution in [0.5, 0.6) is 0 Å². The predicted molar refractivity (Wildman–Crippen MR) is 125 cm³/mol. The summed E-state index contributed by atoms with van der Waals surface area (Å²) in [5.41, 5.74) is 6.13. The topological polar surface area (TPSA) is 217 Å². The number of imidazole rings is 1. The monoisotopic (exact) mass is 496 g/mol. The van der Waals surface area contributed by atoms with Gasteiger partial charge in [-0.1, -0.05) is 34.1 Å². The second-order valence-electron chi connectivity index (χ2n) is 8.95. The molecule has 1 heterocycles. The summed E-state index contributed by atoms with van der Waals surface area (Å²) in [6, 6.07) is -4.78. The number of nitrogens with zero attached hydrogens (tertiary/aromatic N) is 1. The molecule has 1 aromatic heterocycles. The summed E-state index contributed by atoms with van der Waals surface area (Å²) in [6.45, 7) is 7.13. The molecule has 1 aromatic rings. The van der Waals surface area contributed by atoms with Gasteiger partial charge in [-0.2, -0.15) is 0 Å². The molecule has 35 heavy (non-hydrogen) atoms. The van der Waals surface area contributed by atoms with Crippen LogP contribution in [0.1, 0.15) is 52.7 Å². The lowest BCUT2D eigenvalue weighted by molar-refractivity contribution is -0.143. The Labute approximate surface area is 203 Å². The number of aromatic amines is 1. The van der Waals surface area contributed by atoms with Crippen LogP contribution in [0.3, 0.4) is 0 Å². The van der Waals surface area contributed by atoms with Gasteiger partial charge in [0.1, 0.15) is 18.1 Å². The molecule has 5 unspecified atom stereocenters. The number of carbonyl (C=O) groups is 5. The fraction of sp³-hybridized carbons (Fsp3) is 0.636. The minimum atomic E-state index is -1.36. The molecule has 0 aliphatic carbocycles. The number of aromatic nitrogens is 2. The summed E-state index contributed by atoms with van der Waals surface area (Å²) in [5.74, 6) is -5.07. The fourth-order valence-corrected chi connectivity index (χ4v) is 3.30. The highest BCUT2D eigenvalue weighted by molar-refractivity contribution is 5.94. The first kappa shape index (κ1) is 29.6. The van der Waals surface area contributed by atoms with Crippen LogP contribution < -0.4 is 21.7 Å². The summed E-state index contributed by atoms with van der Waals surface area (Å²) in [6.07, 6.45) is 2.95. The quantitative estimate of drug-likeness (QED) is 0.164. The van der Waals surface area contributed by atoms with E-state index in [1.54, 1.807) is 13.8 Å². The molecule has 1 rings (SSSR count). The molecule has 0 bridgehead atoms. The summed E-state index contributed by atoms with van der Waals surface area (Å²) < 4.78 is 0. The highest BCUT2D eigenvalue weighted by atomic mass is 16.4. The largest absolute Gasteiger partial charge is 0.481 e. The van der Waals surface area contributed by atoms with E-state index in [2.05, 4.69) is 25.9 Å². The van der Waals surface area contributed by atoms with Crippen molar-refractivity contribution in [1.82, 2.24) is 25.9 Å². The van der Waals surface area contributed by atoms with Crippen LogP contribution in [-0.4, -0.2) is 74.0 Å². The van der Waals surface area contributed by atoms with Crippen LogP contribution in [0, 0.1) is 11.8 Å². The Morgan fingerprint density at radius 2 is 1.60 bits per heavy atom. The van der Waals surface area contributed by atoms with E-state index < -0.39 is 60.2 Å². The average Bonchev–Trinajstić information content (AvgIpc) is 3.27. The van der Waals surface area contributed by atoms with Crippen molar-refractivity contribution in [2.75, 3.05) is 0 Å². The highest BCUT2D eigenvalue weighted by Crippen LogP contribution is 2.10. The van der Waals surface area contributed by atoms with Gasteiger partial charge in [0.05, 0.1) is 18.8 Å². The summed E-state index contributed by atoms with van der Waals surface area (Å²) >= 11 is 0. The molecular weight excluding hydrogens is 460 g/mol. The van der Waals surface area contributed by atoms with Gasteiger partial charge in [-0.05, 0) is 18.3 Å². The first-order valence-corrected chi connectivity index (χ1v) is 11.4. The lowest BCUT2D eigenvalue weighted by atomic mass is 9.98. The van der Waals surface area contributed by atoms with Crippen molar-refractivity contribution < 1.29 is 34.2 Å². The molecule has 0 radical (unpaired) electrons. The number of hydrogen-bond acceptors (Lipinski definition) is 7. The van der Waals surface area contributed by atoms with Crippen molar-refractivity contribution in [3.63, 3.8) is 0 Å². The molecule has 0 aliphatic rings. The lowest BCUT2D eigenvalue weighted by Crippen LogP contribution is -2.58. The van der Waals surface area contributed by atoms with Crippen LogP contribution >= 0.6 is 0 Å². The third-order valence-electron chi connectivity index (χ3n) is 5.46. The Hall–Kier alpha value is -3.48. The van der Waals surface area contributed by atoms with E-state index in [1.807, 2.05) is 13.8 Å². The van der Waals surface area contributed by atoms with Crippen LogP contribution in [0.2, 0.25) is 0 Å². The highest BCUT2D eigenvalue weighted by Gasteiger charge is 2.32. The first-order valence-electron chi connectivity index (χ1n) is 11.4. The van der Waals surface area contributed by atoms with Gasteiger partial charge in [0.25, 0.3) is 0 Å². The van der Waals surface area contributed by atoms with Crippen molar-refractivity contribution in [3.05, 3.63) is 18.2 Å². The van der Waals surface area contributed by atoms with E-state index in [-0.39, 0.29) is 24.7 Å². The number of hydrogen-bond donors (Lipinski definition) is 7. The number of nitrogens with two attached hydrogens (primary N) is 1. The Morgan fingerprint density at radius 3 is 2.09 bits per heavy atom. The molecule has 13 heteroatoms. The number of aliphatic carboxylic acids is 2. The minimum Gasteiger partial charge on any atom is -0.481 e. The average molecular weight is 497 g/mol. The molecule has 0 fully saturated rings. The lowest BCUT2D eigenvalue weighted by Gasteiger charge is -2.27. The number of carbonyl (C=O) groups excluding carboxylic acids is 3. The smallest absolute Gasteiger partial charge is 0.326 e. The van der Waals surface area contributed by atoms with Gasteiger partial charge < -0.3 is 36.9 Å². The Morgan fingerprint density at radius 1 is 1.00 bits per heavy atom. The Kier molecular flexibility index (Phi) is 11.9. The van der Waals surface area contributed by atoms with Gasteiger partial charge in [-0.3, -0.25) is 19.2 Å². The van der Waals surface area contributed by atoms with Crippen molar-refractivity contribution in [1.29, 1.82) is 0 Å². The van der Waals surface area contributed by atoms with Gasteiger partial charge in [0, 0.05) is 18.3 Å². The van der Waals surface area contributed by atoms with Gasteiger partial charge in [0.15, 0.2) is 0 Å². The van der Waals surface area contributed by atoms with E-state index in [9.17, 15) is 29.1 Å². The third-order valence-corrected chi connectivity index (χ3v) is 5.46. The summed E-state index contributed by atoms with van der Waals surface area (Å²) in [4.78, 5) is 67.7. The molecule has 3 amide bonds. The second kappa shape index (κ2) is 14.0. The first-order chi connectivity index (χ1) is 16.3. The second-order valence-corrected chi connectivity index (χ2v) is 8.95. The molecule has 0 spiro atoms. The normalized spacial score (nSPS) is 15.4. The Balaban J connectivity index is 3.09. The molecule has 0 aliphatic heterocycles.